The van der Waals surface area contributed by atoms with E-state index >= 15 is 0 Å². The Bertz CT molecular complexity index is 1370. The Kier molecular flexibility index (Phi) is 6.37. The Labute approximate surface area is 207 Å². The van der Waals surface area contributed by atoms with E-state index in [0.717, 1.165) is 36.1 Å². The van der Waals surface area contributed by atoms with Gasteiger partial charge in [-0.25, -0.2) is 4.79 Å². The molecule has 3 N–H and O–H groups in total. The summed E-state index contributed by atoms with van der Waals surface area (Å²) in [6.07, 6.45) is 3.14. The fourth-order valence-corrected chi connectivity index (χ4v) is 4.80. The first-order chi connectivity index (χ1) is 17.0. The smallest absolute Gasteiger partial charge is 0.342 e. The minimum atomic E-state index is -0.293. The molecule has 4 aromatic rings. The van der Waals surface area contributed by atoms with E-state index in [9.17, 15) is 14.7 Å². The molecule has 7 nitrogen and oxygen atoms in total. The number of thiophene rings is 1. The quantitative estimate of drug-likeness (QED) is 0.316. The molecule has 1 aliphatic carbocycles. The molecule has 2 amide bonds. The van der Waals surface area contributed by atoms with Crippen LogP contribution in [0.15, 0.2) is 66.0 Å². The van der Waals surface area contributed by atoms with E-state index in [0.29, 0.717) is 28.4 Å². The van der Waals surface area contributed by atoms with Crippen LogP contribution in [0, 0.1) is 6.92 Å². The molecule has 1 aliphatic rings. The van der Waals surface area contributed by atoms with E-state index in [-0.39, 0.29) is 23.6 Å². The number of nitrogens with zero attached hydrogens (tertiary/aromatic N) is 2. The molecule has 0 unspecified atom stereocenters. The fraction of sp³-hybridized carbons (Fsp3) is 0.222. The molecule has 1 saturated carbocycles. The van der Waals surface area contributed by atoms with Gasteiger partial charge in [0.25, 0.3) is 5.91 Å². The van der Waals surface area contributed by atoms with Gasteiger partial charge in [0.1, 0.15) is 5.75 Å². The van der Waals surface area contributed by atoms with Gasteiger partial charge in [-0.2, -0.15) is 9.78 Å². The summed E-state index contributed by atoms with van der Waals surface area (Å²) >= 11 is 1.35. The first kappa shape index (κ1) is 22.9. The number of aryl methyl sites for hydroxylation is 1. The third kappa shape index (κ3) is 4.97. The van der Waals surface area contributed by atoms with E-state index in [2.05, 4.69) is 15.7 Å². The van der Waals surface area contributed by atoms with Crippen molar-refractivity contribution < 1.29 is 14.7 Å². The average molecular weight is 487 g/mol. The van der Waals surface area contributed by atoms with Gasteiger partial charge < -0.3 is 15.7 Å². The van der Waals surface area contributed by atoms with E-state index in [1.165, 1.54) is 22.1 Å². The number of hydrogen-bond donors (Lipinski definition) is 3. The lowest BCUT2D eigenvalue weighted by molar-refractivity contribution is 0.103. The Hall–Kier alpha value is -3.91. The van der Waals surface area contributed by atoms with Crippen LogP contribution in [0.25, 0.3) is 11.3 Å². The van der Waals surface area contributed by atoms with E-state index < -0.39 is 0 Å². The highest BCUT2D eigenvalue weighted by atomic mass is 32.1. The Morgan fingerprint density at radius 1 is 1.11 bits per heavy atom. The maximum Gasteiger partial charge on any atom is 0.342 e. The molecule has 2 aromatic carbocycles. The van der Waals surface area contributed by atoms with Gasteiger partial charge in [-0.1, -0.05) is 42.3 Å². The van der Waals surface area contributed by atoms with Crippen molar-refractivity contribution >= 4 is 29.0 Å². The lowest BCUT2D eigenvalue weighted by atomic mass is 9.82. The summed E-state index contributed by atoms with van der Waals surface area (Å²) in [4.78, 5) is 26.0. The second kappa shape index (κ2) is 9.76. The number of phenols is 1. The van der Waals surface area contributed by atoms with Crippen LogP contribution in [0.4, 0.5) is 10.5 Å². The number of carbonyl (C=O) groups excluding carboxylic acids is 2. The standard InChI is InChI=1S/C27H26N4O3S/c1-17-5-2-6-18(13-17)16-28-27(34)31-23(19-7-3-8-19)15-22(30-31)21-11-10-20(14-24(21)32)29-26(33)25-9-4-12-35-25/h2,4-6,9-15,19,32H,3,7-8,16H2,1H3,(H,28,34)(H,29,33). The van der Waals surface area contributed by atoms with Crippen molar-refractivity contribution in [1.29, 1.82) is 0 Å². The van der Waals surface area contributed by atoms with Crippen LogP contribution in [0.3, 0.4) is 0 Å². The molecule has 2 heterocycles. The minimum absolute atomic E-state index is 0.0149. The van der Waals surface area contributed by atoms with Crippen LogP contribution in [0.1, 0.15) is 51.7 Å². The van der Waals surface area contributed by atoms with Crippen molar-refractivity contribution in [3.8, 4) is 17.0 Å². The topological polar surface area (TPSA) is 96.3 Å². The lowest BCUT2D eigenvalue weighted by Crippen LogP contribution is -2.31. The normalized spacial score (nSPS) is 13.3. The lowest BCUT2D eigenvalue weighted by Gasteiger charge is -2.25. The van der Waals surface area contributed by atoms with Crippen molar-refractivity contribution in [2.45, 2.75) is 38.6 Å². The van der Waals surface area contributed by atoms with Gasteiger partial charge in [0.2, 0.25) is 0 Å². The fourth-order valence-electron chi connectivity index (χ4n) is 4.19. The molecule has 1 fully saturated rings. The van der Waals surface area contributed by atoms with Gasteiger partial charge in [-0.15, -0.1) is 11.3 Å². The maximum absolute atomic E-state index is 13.1. The number of hydrogen-bond acceptors (Lipinski definition) is 5. The number of rotatable bonds is 6. The predicted octanol–water partition coefficient (Wildman–Crippen LogP) is 5.90. The molecule has 0 saturated heterocycles. The Balaban J connectivity index is 1.37. The van der Waals surface area contributed by atoms with Gasteiger partial charge in [-0.3, -0.25) is 4.79 Å². The summed E-state index contributed by atoms with van der Waals surface area (Å²) in [7, 11) is 0. The van der Waals surface area contributed by atoms with Crippen molar-refractivity contribution in [3.05, 3.63) is 87.7 Å². The number of benzene rings is 2. The molecule has 5 rings (SSSR count). The highest BCUT2D eigenvalue weighted by molar-refractivity contribution is 7.12. The molecule has 35 heavy (non-hydrogen) atoms. The van der Waals surface area contributed by atoms with Crippen LogP contribution in [-0.4, -0.2) is 26.8 Å². The summed E-state index contributed by atoms with van der Waals surface area (Å²) in [6, 6.07) is 18.1. The number of phenolic OH excluding ortho intramolecular Hbond substituents is 1. The molecule has 0 aliphatic heterocycles. The van der Waals surface area contributed by atoms with Crippen LogP contribution in [0.5, 0.6) is 5.75 Å². The Morgan fingerprint density at radius 3 is 2.66 bits per heavy atom. The van der Waals surface area contributed by atoms with Crippen molar-refractivity contribution in [2.75, 3.05) is 5.32 Å². The highest BCUT2D eigenvalue weighted by Crippen LogP contribution is 2.39. The zero-order valence-electron chi connectivity index (χ0n) is 19.3. The summed E-state index contributed by atoms with van der Waals surface area (Å²) in [5.41, 5.74) is 4.52. The van der Waals surface area contributed by atoms with Gasteiger partial charge in [-0.05, 0) is 55.0 Å². The SMILES string of the molecule is Cc1cccc(CNC(=O)n2nc(-c3ccc(NC(=O)c4cccs4)cc3O)cc2C2CCC2)c1. The zero-order chi connectivity index (χ0) is 24.4. The molecule has 2 aromatic heterocycles. The van der Waals surface area contributed by atoms with Gasteiger partial charge >= 0.3 is 6.03 Å². The number of anilines is 1. The molecular formula is C27H26N4O3S. The third-order valence-corrected chi connectivity index (χ3v) is 7.12. The summed E-state index contributed by atoms with van der Waals surface area (Å²) in [5, 5.41) is 22.9. The number of amides is 2. The zero-order valence-corrected chi connectivity index (χ0v) is 20.1. The largest absolute Gasteiger partial charge is 0.507 e. The van der Waals surface area contributed by atoms with Crippen molar-refractivity contribution in [1.82, 2.24) is 15.1 Å². The first-order valence-corrected chi connectivity index (χ1v) is 12.5. The van der Waals surface area contributed by atoms with Crippen LogP contribution >= 0.6 is 11.3 Å². The van der Waals surface area contributed by atoms with Crippen molar-refractivity contribution in [3.63, 3.8) is 0 Å². The number of aromatic hydroxyl groups is 1. The van der Waals surface area contributed by atoms with Crippen LogP contribution < -0.4 is 10.6 Å². The predicted molar refractivity (Wildman–Crippen MR) is 137 cm³/mol. The van der Waals surface area contributed by atoms with Gasteiger partial charge in [0.05, 0.1) is 16.3 Å². The molecule has 0 bridgehead atoms. The van der Waals surface area contributed by atoms with Crippen LogP contribution in [0.2, 0.25) is 0 Å². The summed E-state index contributed by atoms with van der Waals surface area (Å²) in [5.74, 6) is 0.0282. The summed E-state index contributed by atoms with van der Waals surface area (Å²) in [6.45, 7) is 2.43. The minimum Gasteiger partial charge on any atom is -0.507 e. The second-order valence-corrected chi connectivity index (χ2v) is 9.75. The molecule has 0 radical (unpaired) electrons. The van der Waals surface area contributed by atoms with E-state index in [4.69, 9.17) is 0 Å². The molecule has 8 heteroatoms. The number of carbonyl (C=O) groups is 2. The summed E-state index contributed by atoms with van der Waals surface area (Å²) < 4.78 is 1.43. The number of aromatic nitrogens is 2. The van der Waals surface area contributed by atoms with Crippen LogP contribution in [-0.2, 0) is 6.54 Å². The number of nitrogens with one attached hydrogen (secondary N) is 2. The van der Waals surface area contributed by atoms with E-state index in [1.54, 1.807) is 18.2 Å². The molecule has 0 atom stereocenters. The highest BCUT2D eigenvalue weighted by Gasteiger charge is 2.27. The molecule has 0 spiro atoms. The molecule has 178 valence electrons. The van der Waals surface area contributed by atoms with Gasteiger partial charge in [0, 0.05) is 29.8 Å². The first-order valence-electron chi connectivity index (χ1n) is 11.6. The van der Waals surface area contributed by atoms with Gasteiger partial charge in [0.15, 0.2) is 0 Å². The average Bonchev–Trinajstić information content (AvgIpc) is 3.47. The second-order valence-electron chi connectivity index (χ2n) is 8.81. The third-order valence-electron chi connectivity index (χ3n) is 6.26. The monoisotopic (exact) mass is 486 g/mol. The molecular weight excluding hydrogens is 460 g/mol. The maximum atomic E-state index is 13.1. The Morgan fingerprint density at radius 2 is 1.97 bits per heavy atom. The van der Waals surface area contributed by atoms with E-state index in [1.807, 2.05) is 48.7 Å². The van der Waals surface area contributed by atoms with Crippen molar-refractivity contribution in [2.24, 2.45) is 0 Å².